The van der Waals surface area contributed by atoms with Gasteiger partial charge in [-0.15, -0.1) is 0 Å². The average Bonchev–Trinajstić information content (AvgIpc) is 3.34. The van der Waals surface area contributed by atoms with Crippen molar-refractivity contribution in [1.29, 1.82) is 0 Å². The van der Waals surface area contributed by atoms with Crippen molar-refractivity contribution >= 4 is 22.6 Å². The summed E-state index contributed by atoms with van der Waals surface area (Å²) in [4.78, 5) is 26.0. The monoisotopic (exact) mass is 421 g/mol. The van der Waals surface area contributed by atoms with Crippen LogP contribution in [0, 0.1) is 24.6 Å². The van der Waals surface area contributed by atoms with Crippen molar-refractivity contribution < 1.29 is 23.1 Å². The highest BCUT2D eigenvalue weighted by atomic mass is 19.1. The SMILES string of the molecule is Cc1c(N2C[C@@H]3[C@@H](CF)C[C@@]3(N)C2)c(F)cc2c(=O)c(C(=O)O)cn(C3C[C@@H]3F)c12. The molecule has 3 fully saturated rings. The number of pyridine rings is 1. The van der Waals surface area contributed by atoms with Gasteiger partial charge < -0.3 is 20.3 Å². The van der Waals surface area contributed by atoms with Gasteiger partial charge in [0.15, 0.2) is 0 Å². The molecule has 2 saturated carbocycles. The molecule has 1 aromatic heterocycles. The Morgan fingerprint density at radius 2 is 2.13 bits per heavy atom. The minimum absolute atomic E-state index is 0.0766. The van der Waals surface area contributed by atoms with Crippen LogP contribution in [-0.4, -0.2) is 47.1 Å². The van der Waals surface area contributed by atoms with Crippen molar-refractivity contribution in [3.63, 3.8) is 0 Å². The van der Waals surface area contributed by atoms with Crippen LogP contribution in [0.15, 0.2) is 17.1 Å². The largest absolute Gasteiger partial charge is 0.477 e. The van der Waals surface area contributed by atoms with Crippen LogP contribution < -0.4 is 16.1 Å². The van der Waals surface area contributed by atoms with Crippen LogP contribution in [-0.2, 0) is 0 Å². The molecule has 3 aliphatic rings. The summed E-state index contributed by atoms with van der Waals surface area (Å²) in [5, 5.41) is 9.29. The van der Waals surface area contributed by atoms with Crippen LogP contribution in [0.25, 0.3) is 10.9 Å². The Bertz CT molecular complexity index is 1150. The summed E-state index contributed by atoms with van der Waals surface area (Å²) in [6.07, 6.45) is 0.755. The zero-order chi connectivity index (χ0) is 21.5. The molecular weight excluding hydrogens is 399 g/mol. The summed E-state index contributed by atoms with van der Waals surface area (Å²) in [6.45, 7) is 1.95. The van der Waals surface area contributed by atoms with Crippen molar-refractivity contribution in [3.05, 3.63) is 39.4 Å². The van der Waals surface area contributed by atoms with Gasteiger partial charge in [-0.3, -0.25) is 9.18 Å². The fourth-order valence-electron chi connectivity index (χ4n) is 5.51. The number of aryl methyl sites for hydroxylation is 1. The van der Waals surface area contributed by atoms with E-state index in [0.29, 0.717) is 30.6 Å². The van der Waals surface area contributed by atoms with Crippen molar-refractivity contribution in [2.45, 2.75) is 37.5 Å². The van der Waals surface area contributed by atoms with E-state index in [0.717, 1.165) is 12.3 Å². The van der Waals surface area contributed by atoms with Crippen molar-refractivity contribution in [2.75, 3.05) is 24.7 Å². The summed E-state index contributed by atoms with van der Waals surface area (Å²) >= 11 is 0. The van der Waals surface area contributed by atoms with Crippen LogP contribution in [0.3, 0.4) is 0 Å². The number of anilines is 1. The molecule has 1 saturated heterocycles. The standard InChI is InChI=1S/C21H22F3N3O3/c1-9-17-11(19(28)12(20(29)30)6-27(17)16-3-14(16)23)2-15(24)18(9)26-7-13-10(5-22)4-21(13,25)8-26/h2,6,10,13-14,16H,3-5,7-8,25H2,1H3,(H,29,30)/t10-,13-,14+,16?,21-/m1/s1. The number of carboxylic acids is 1. The Balaban J connectivity index is 1.69. The third kappa shape index (κ3) is 2.54. The average molecular weight is 421 g/mol. The molecular formula is C21H22F3N3O3. The van der Waals surface area contributed by atoms with E-state index in [9.17, 15) is 23.5 Å². The maximum absolute atomic E-state index is 15.2. The van der Waals surface area contributed by atoms with Crippen LogP contribution in [0.4, 0.5) is 18.9 Å². The van der Waals surface area contributed by atoms with Gasteiger partial charge in [0.2, 0.25) is 5.43 Å². The lowest BCUT2D eigenvalue weighted by Crippen LogP contribution is -2.60. The molecule has 0 bridgehead atoms. The molecule has 3 N–H and O–H groups in total. The summed E-state index contributed by atoms with van der Waals surface area (Å²) < 4.78 is 43.8. The number of hydrogen-bond donors (Lipinski definition) is 2. The minimum atomic E-state index is -1.44. The van der Waals surface area contributed by atoms with Gasteiger partial charge >= 0.3 is 5.97 Å². The lowest BCUT2D eigenvalue weighted by atomic mass is 9.62. The summed E-state index contributed by atoms with van der Waals surface area (Å²) in [5.74, 6) is -2.32. The molecule has 0 spiro atoms. The summed E-state index contributed by atoms with van der Waals surface area (Å²) in [7, 11) is 0. The molecule has 5 rings (SSSR count). The van der Waals surface area contributed by atoms with E-state index in [4.69, 9.17) is 5.73 Å². The first-order valence-corrected chi connectivity index (χ1v) is 10.0. The molecule has 2 aromatic rings. The first-order valence-electron chi connectivity index (χ1n) is 10.0. The predicted octanol–water partition coefficient (Wildman–Crippen LogP) is 2.55. The second kappa shape index (κ2) is 6.23. The highest BCUT2D eigenvalue weighted by molar-refractivity contribution is 5.95. The van der Waals surface area contributed by atoms with Crippen LogP contribution in [0.5, 0.6) is 0 Å². The second-order valence-corrected chi connectivity index (χ2v) is 8.97. The number of aromatic carboxylic acids is 1. The van der Waals surface area contributed by atoms with Gasteiger partial charge in [-0.05, 0) is 30.9 Å². The maximum atomic E-state index is 15.2. The van der Waals surface area contributed by atoms with E-state index in [1.54, 1.807) is 11.8 Å². The number of nitrogens with two attached hydrogens (primary N) is 1. The van der Waals surface area contributed by atoms with Crippen molar-refractivity contribution in [1.82, 2.24) is 4.57 Å². The molecule has 1 aromatic carbocycles. The number of halogens is 3. The van der Waals surface area contributed by atoms with Crippen LogP contribution >= 0.6 is 0 Å². The Morgan fingerprint density at radius 1 is 1.43 bits per heavy atom. The molecule has 9 heteroatoms. The number of fused-ring (bicyclic) bond motifs is 2. The molecule has 6 nitrogen and oxygen atoms in total. The number of carbonyl (C=O) groups is 1. The predicted molar refractivity (Wildman–Crippen MR) is 105 cm³/mol. The number of alkyl halides is 2. The lowest BCUT2D eigenvalue weighted by Gasteiger charge is -2.46. The van der Waals surface area contributed by atoms with Gasteiger partial charge in [0.25, 0.3) is 0 Å². The second-order valence-electron chi connectivity index (χ2n) is 8.97. The van der Waals surface area contributed by atoms with Gasteiger partial charge in [-0.1, -0.05) is 0 Å². The van der Waals surface area contributed by atoms with Crippen molar-refractivity contribution in [2.24, 2.45) is 17.6 Å². The molecule has 0 radical (unpaired) electrons. The number of benzene rings is 1. The Labute approximate surface area is 170 Å². The summed E-state index contributed by atoms with van der Waals surface area (Å²) in [5.41, 5.74) is 5.53. The fourth-order valence-corrected chi connectivity index (χ4v) is 5.51. The fraction of sp³-hybridized carbons (Fsp3) is 0.524. The van der Waals surface area contributed by atoms with E-state index >= 15 is 4.39 Å². The van der Waals surface area contributed by atoms with E-state index in [1.165, 1.54) is 4.57 Å². The third-order valence-corrected chi connectivity index (χ3v) is 7.11. The lowest BCUT2D eigenvalue weighted by molar-refractivity contribution is 0.0629. The van der Waals surface area contributed by atoms with Gasteiger partial charge in [-0.2, -0.15) is 0 Å². The molecule has 160 valence electrons. The number of hydrogen-bond acceptors (Lipinski definition) is 4. The number of nitrogens with zero attached hydrogens (tertiary/aromatic N) is 2. The highest BCUT2D eigenvalue weighted by Gasteiger charge is 2.57. The molecule has 5 atom stereocenters. The molecule has 30 heavy (non-hydrogen) atoms. The maximum Gasteiger partial charge on any atom is 0.341 e. The van der Waals surface area contributed by atoms with E-state index in [-0.39, 0.29) is 29.3 Å². The van der Waals surface area contributed by atoms with Gasteiger partial charge in [-0.25, -0.2) is 13.6 Å². The normalized spacial score (nSPS) is 32.2. The van der Waals surface area contributed by atoms with Crippen LogP contribution in [0.1, 0.15) is 34.8 Å². The number of rotatable bonds is 4. The van der Waals surface area contributed by atoms with Gasteiger partial charge in [0.1, 0.15) is 17.6 Å². The Kier molecular flexibility index (Phi) is 4.03. The number of aromatic nitrogens is 1. The number of carboxylic acid groups (broad SMARTS) is 1. The van der Waals surface area contributed by atoms with E-state index in [2.05, 4.69) is 0 Å². The molecule has 1 unspecified atom stereocenters. The van der Waals surface area contributed by atoms with Crippen LogP contribution in [0.2, 0.25) is 0 Å². The minimum Gasteiger partial charge on any atom is -0.477 e. The Hall–Kier alpha value is -2.55. The van der Waals surface area contributed by atoms with Gasteiger partial charge in [0, 0.05) is 42.6 Å². The van der Waals surface area contributed by atoms with Crippen molar-refractivity contribution in [3.8, 4) is 0 Å². The zero-order valence-electron chi connectivity index (χ0n) is 16.4. The summed E-state index contributed by atoms with van der Waals surface area (Å²) in [6, 6.07) is 0.448. The molecule has 2 heterocycles. The first kappa shape index (κ1) is 19.4. The quantitative estimate of drug-likeness (QED) is 0.792. The van der Waals surface area contributed by atoms with E-state index in [1.807, 2.05) is 0 Å². The molecule has 1 aliphatic heterocycles. The first-order chi connectivity index (χ1) is 14.2. The third-order valence-electron chi connectivity index (χ3n) is 7.11. The van der Waals surface area contributed by atoms with E-state index < -0.39 is 47.2 Å². The van der Waals surface area contributed by atoms with Gasteiger partial charge in [0.05, 0.1) is 23.9 Å². The molecule has 0 amide bonds. The topological polar surface area (TPSA) is 88.6 Å². The Morgan fingerprint density at radius 3 is 2.73 bits per heavy atom. The molecule has 2 aliphatic carbocycles. The highest BCUT2D eigenvalue weighted by Crippen LogP contribution is 2.50. The zero-order valence-corrected chi connectivity index (χ0v) is 16.4. The smallest absolute Gasteiger partial charge is 0.341 e.